The Hall–Kier alpha value is -0.620. The Morgan fingerprint density at radius 2 is 1.80 bits per heavy atom. The molecule has 0 spiro atoms. The van der Waals surface area contributed by atoms with Gasteiger partial charge in [-0.1, -0.05) is 39.1 Å². The Balaban J connectivity index is 2.31. The second-order valence-electron chi connectivity index (χ2n) is 3.82. The van der Waals surface area contributed by atoms with Crippen molar-refractivity contribution in [3.8, 4) is 0 Å². The number of hydrogen-bond acceptors (Lipinski definition) is 1. The second kappa shape index (κ2) is 6.43. The second-order valence-corrected chi connectivity index (χ2v) is 6.41. The highest BCUT2D eigenvalue weighted by Gasteiger charge is 2.15. The van der Waals surface area contributed by atoms with E-state index in [1.165, 1.54) is 6.07 Å². The SMILES string of the molecule is O=C(Nc1ccc(Br)cc1Br)c1cc(F)c(Cl)cc1Cl. The fourth-order valence-corrected chi connectivity index (χ4v) is 3.09. The molecule has 0 unspecified atom stereocenters. The van der Waals surface area contributed by atoms with E-state index < -0.39 is 11.7 Å². The van der Waals surface area contributed by atoms with Gasteiger partial charge in [0, 0.05) is 8.95 Å². The molecular formula is C13H6Br2Cl2FNO. The van der Waals surface area contributed by atoms with Gasteiger partial charge in [0.1, 0.15) is 5.82 Å². The van der Waals surface area contributed by atoms with Crippen LogP contribution in [0.15, 0.2) is 39.3 Å². The molecule has 0 heterocycles. The van der Waals surface area contributed by atoms with Gasteiger partial charge in [-0.2, -0.15) is 0 Å². The molecule has 0 aliphatic heterocycles. The zero-order chi connectivity index (χ0) is 14.9. The van der Waals surface area contributed by atoms with E-state index in [1.807, 2.05) is 0 Å². The summed E-state index contributed by atoms with van der Waals surface area (Å²) in [5.41, 5.74) is 0.563. The molecule has 0 fully saturated rings. The van der Waals surface area contributed by atoms with Gasteiger partial charge in [-0.25, -0.2) is 4.39 Å². The number of carbonyl (C=O) groups excluding carboxylic acids is 1. The third-order valence-electron chi connectivity index (χ3n) is 2.43. The van der Waals surface area contributed by atoms with Gasteiger partial charge in [-0.3, -0.25) is 4.79 Å². The molecule has 0 aliphatic rings. The maximum Gasteiger partial charge on any atom is 0.257 e. The van der Waals surface area contributed by atoms with Gasteiger partial charge in [-0.05, 0) is 46.3 Å². The number of benzene rings is 2. The number of carbonyl (C=O) groups is 1. The fourth-order valence-electron chi connectivity index (χ4n) is 1.48. The van der Waals surface area contributed by atoms with E-state index in [-0.39, 0.29) is 15.6 Å². The highest BCUT2D eigenvalue weighted by molar-refractivity contribution is 9.11. The summed E-state index contributed by atoms with van der Waals surface area (Å²) < 4.78 is 14.9. The molecule has 0 saturated heterocycles. The molecule has 1 N–H and O–H groups in total. The van der Waals surface area contributed by atoms with Crippen molar-refractivity contribution in [1.29, 1.82) is 0 Å². The van der Waals surface area contributed by atoms with Gasteiger partial charge in [0.15, 0.2) is 0 Å². The smallest absolute Gasteiger partial charge is 0.257 e. The summed E-state index contributed by atoms with van der Waals surface area (Å²) in [6, 6.07) is 7.45. The summed E-state index contributed by atoms with van der Waals surface area (Å²) in [5.74, 6) is -1.22. The molecule has 2 rings (SSSR count). The molecule has 2 aromatic rings. The molecule has 0 aromatic heterocycles. The standard InChI is InChI=1S/C13H6Br2Cl2FNO/c14-6-1-2-12(8(15)3-6)19-13(20)7-4-11(18)10(17)5-9(7)16/h1-5H,(H,19,20). The van der Waals surface area contributed by atoms with Crippen molar-refractivity contribution in [2.45, 2.75) is 0 Å². The molecule has 0 radical (unpaired) electrons. The lowest BCUT2D eigenvalue weighted by molar-refractivity contribution is 0.102. The van der Waals surface area contributed by atoms with Crippen molar-refractivity contribution in [1.82, 2.24) is 0 Å². The molecular weight excluding hydrogens is 436 g/mol. The lowest BCUT2D eigenvalue weighted by Gasteiger charge is -2.09. The monoisotopic (exact) mass is 439 g/mol. The lowest BCUT2D eigenvalue weighted by Crippen LogP contribution is -2.13. The van der Waals surface area contributed by atoms with E-state index in [2.05, 4.69) is 37.2 Å². The number of hydrogen-bond donors (Lipinski definition) is 1. The summed E-state index contributed by atoms with van der Waals surface area (Å²) in [5, 5.41) is 2.60. The molecule has 0 saturated carbocycles. The van der Waals surface area contributed by atoms with Crippen LogP contribution in [0.25, 0.3) is 0 Å². The van der Waals surface area contributed by atoms with Crippen molar-refractivity contribution in [3.63, 3.8) is 0 Å². The molecule has 0 aliphatic carbocycles. The Morgan fingerprint density at radius 1 is 1.10 bits per heavy atom. The number of rotatable bonds is 2. The summed E-state index contributed by atoms with van der Waals surface area (Å²) in [4.78, 5) is 12.1. The zero-order valence-electron chi connectivity index (χ0n) is 9.68. The first-order valence-electron chi connectivity index (χ1n) is 5.29. The maximum atomic E-state index is 13.4. The number of nitrogens with one attached hydrogen (secondary N) is 1. The van der Waals surface area contributed by atoms with E-state index in [4.69, 9.17) is 23.2 Å². The predicted molar refractivity (Wildman–Crippen MR) is 86.2 cm³/mol. The predicted octanol–water partition coefficient (Wildman–Crippen LogP) is 5.91. The third kappa shape index (κ3) is 3.52. The molecule has 2 aromatic carbocycles. The summed E-state index contributed by atoms with van der Waals surface area (Å²) in [7, 11) is 0. The van der Waals surface area contributed by atoms with Gasteiger partial charge < -0.3 is 5.32 Å². The molecule has 0 bridgehead atoms. The van der Waals surface area contributed by atoms with Crippen molar-refractivity contribution in [2.24, 2.45) is 0 Å². The van der Waals surface area contributed by atoms with Crippen LogP contribution in [0.1, 0.15) is 10.4 Å². The Kier molecular flexibility index (Phi) is 5.07. The fraction of sp³-hybridized carbons (Fsp3) is 0. The Bertz CT molecular complexity index is 694. The van der Waals surface area contributed by atoms with Crippen LogP contribution in [0.5, 0.6) is 0 Å². The summed E-state index contributed by atoms with van der Waals surface area (Å²) >= 11 is 18.1. The van der Waals surface area contributed by atoms with Crippen molar-refractivity contribution in [2.75, 3.05) is 5.32 Å². The summed E-state index contributed by atoms with van der Waals surface area (Å²) in [6.45, 7) is 0. The van der Waals surface area contributed by atoms with Gasteiger partial charge in [0.2, 0.25) is 0 Å². The minimum atomic E-state index is -0.698. The number of amides is 1. The van der Waals surface area contributed by atoms with E-state index >= 15 is 0 Å². The molecule has 1 amide bonds. The van der Waals surface area contributed by atoms with E-state index in [1.54, 1.807) is 18.2 Å². The maximum absolute atomic E-state index is 13.4. The van der Waals surface area contributed by atoms with Crippen LogP contribution in [0.3, 0.4) is 0 Å². The van der Waals surface area contributed by atoms with E-state index in [0.717, 1.165) is 10.5 Å². The minimum absolute atomic E-state index is 0.0170. The van der Waals surface area contributed by atoms with Gasteiger partial charge in [0.25, 0.3) is 5.91 Å². The quantitative estimate of drug-likeness (QED) is 0.577. The highest BCUT2D eigenvalue weighted by Crippen LogP contribution is 2.28. The molecule has 2 nitrogen and oxygen atoms in total. The van der Waals surface area contributed by atoms with Crippen molar-refractivity contribution >= 4 is 66.7 Å². The van der Waals surface area contributed by atoms with Crippen LogP contribution in [-0.2, 0) is 0 Å². The van der Waals surface area contributed by atoms with Gasteiger partial charge >= 0.3 is 0 Å². The lowest BCUT2D eigenvalue weighted by atomic mass is 10.2. The first-order chi connectivity index (χ1) is 9.38. The average molecular weight is 442 g/mol. The molecule has 7 heteroatoms. The molecule has 104 valence electrons. The first-order valence-corrected chi connectivity index (χ1v) is 7.63. The van der Waals surface area contributed by atoms with E-state index in [9.17, 15) is 9.18 Å². The third-order valence-corrected chi connectivity index (χ3v) is 4.19. The number of anilines is 1. The Morgan fingerprint density at radius 3 is 2.45 bits per heavy atom. The normalized spacial score (nSPS) is 10.4. The van der Waals surface area contributed by atoms with Crippen LogP contribution < -0.4 is 5.32 Å². The van der Waals surface area contributed by atoms with Gasteiger partial charge in [-0.15, -0.1) is 0 Å². The van der Waals surface area contributed by atoms with Crippen LogP contribution in [0, 0.1) is 5.82 Å². The number of halogens is 5. The first kappa shape index (κ1) is 15.8. The average Bonchev–Trinajstić information content (AvgIpc) is 2.37. The van der Waals surface area contributed by atoms with E-state index in [0.29, 0.717) is 10.2 Å². The molecule has 20 heavy (non-hydrogen) atoms. The van der Waals surface area contributed by atoms with Crippen molar-refractivity contribution < 1.29 is 9.18 Å². The highest BCUT2D eigenvalue weighted by atomic mass is 79.9. The Labute approximate surface area is 141 Å². The zero-order valence-corrected chi connectivity index (χ0v) is 14.4. The minimum Gasteiger partial charge on any atom is -0.321 e. The molecule has 0 atom stereocenters. The van der Waals surface area contributed by atoms with Crippen LogP contribution in [-0.4, -0.2) is 5.91 Å². The largest absolute Gasteiger partial charge is 0.321 e. The topological polar surface area (TPSA) is 29.1 Å². The summed E-state index contributed by atoms with van der Waals surface area (Å²) in [6.07, 6.45) is 0. The van der Waals surface area contributed by atoms with Gasteiger partial charge in [0.05, 0.1) is 21.3 Å². The van der Waals surface area contributed by atoms with Crippen LogP contribution >= 0.6 is 55.1 Å². The van der Waals surface area contributed by atoms with Crippen LogP contribution in [0.4, 0.5) is 10.1 Å². The van der Waals surface area contributed by atoms with Crippen molar-refractivity contribution in [3.05, 3.63) is 60.7 Å². The van der Waals surface area contributed by atoms with Crippen LogP contribution in [0.2, 0.25) is 10.0 Å².